The molecule has 4 nitrogen and oxygen atoms in total. The van der Waals surface area contributed by atoms with E-state index in [1.54, 1.807) is 7.05 Å². The Kier molecular flexibility index (Phi) is 4.99. The SMILES string of the molecule is CN(CCO)CC(=O)Nc1c(F)cccc1F. The van der Waals surface area contributed by atoms with Crippen molar-refractivity contribution >= 4 is 11.6 Å². The summed E-state index contributed by atoms with van der Waals surface area (Å²) in [5.41, 5.74) is -0.449. The predicted molar refractivity (Wildman–Crippen MR) is 59.6 cm³/mol. The van der Waals surface area contributed by atoms with E-state index < -0.39 is 23.2 Å². The molecule has 6 heteroatoms. The van der Waals surface area contributed by atoms with Crippen LogP contribution in [0.25, 0.3) is 0 Å². The molecule has 0 heterocycles. The minimum absolute atomic E-state index is 0.0473. The molecule has 0 radical (unpaired) electrons. The third-order valence-electron chi connectivity index (χ3n) is 2.12. The lowest BCUT2D eigenvalue weighted by atomic mass is 10.3. The van der Waals surface area contributed by atoms with E-state index in [9.17, 15) is 13.6 Å². The Morgan fingerprint density at radius 1 is 1.41 bits per heavy atom. The lowest BCUT2D eigenvalue weighted by molar-refractivity contribution is -0.117. The first kappa shape index (κ1) is 13.5. The molecule has 0 aromatic heterocycles. The van der Waals surface area contributed by atoms with Gasteiger partial charge in [-0.05, 0) is 19.2 Å². The smallest absolute Gasteiger partial charge is 0.238 e. The number of aliphatic hydroxyl groups is 1. The van der Waals surface area contributed by atoms with Gasteiger partial charge in [-0.25, -0.2) is 8.78 Å². The van der Waals surface area contributed by atoms with Crippen molar-refractivity contribution in [3.05, 3.63) is 29.8 Å². The van der Waals surface area contributed by atoms with E-state index >= 15 is 0 Å². The minimum Gasteiger partial charge on any atom is -0.395 e. The number of likely N-dealkylation sites (N-methyl/N-ethyl adjacent to an activating group) is 1. The molecule has 1 aromatic rings. The summed E-state index contributed by atoms with van der Waals surface area (Å²) in [7, 11) is 1.62. The Labute approximate surface area is 97.9 Å². The number of hydrogen-bond donors (Lipinski definition) is 2. The molecule has 0 aliphatic rings. The molecule has 0 unspecified atom stereocenters. The lowest BCUT2D eigenvalue weighted by Gasteiger charge is -2.15. The number of nitrogens with one attached hydrogen (secondary N) is 1. The average molecular weight is 244 g/mol. The van der Waals surface area contributed by atoms with Crippen molar-refractivity contribution in [1.29, 1.82) is 0 Å². The molecular formula is C11H14F2N2O2. The van der Waals surface area contributed by atoms with Crippen LogP contribution in [0, 0.1) is 11.6 Å². The highest BCUT2D eigenvalue weighted by molar-refractivity contribution is 5.92. The maximum absolute atomic E-state index is 13.2. The van der Waals surface area contributed by atoms with Crippen LogP contribution in [-0.2, 0) is 4.79 Å². The number of amides is 1. The van der Waals surface area contributed by atoms with Crippen LogP contribution in [0.1, 0.15) is 0 Å². The molecule has 1 aromatic carbocycles. The van der Waals surface area contributed by atoms with Crippen molar-refractivity contribution in [3.8, 4) is 0 Å². The largest absolute Gasteiger partial charge is 0.395 e. The second-order valence-electron chi connectivity index (χ2n) is 3.61. The first-order valence-corrected chi connectivity index (χ1v) is 5.08. The van der Waals surface area contributed by atoms with Crippen molar-refractivity contribution in [2.75, 3.05) is 32.1 Å². The van der Waals surface area contributed by atoms with Crippen LogP contribution in [0.4, 0.5) is 14.5 Å². The lowest BCUT2D eigenvalue weighted by Crippen LogP contribution is -2.32. The second-order valence-corrected chi connectivity index (χ2v) is 3.61. The summed E-state index contributed by atoms with van der Waals surface area (Å²) in [5, 5.41) is 10.8. The third kappa shape index (κ3) is 4.08. The number of benzene rings is 1. The molecular weight excluding hydrogens is 230 g/mol. The molecule has 0 spiro atoms. The predicted octanol–water partition coefficient (Wildman–Crippen LogP) is 0.827. The quantitative estimate of drug-likeness (QED) is 0.806. The Morgan fingerprint density at radius 2 is 2.00 bits per heavy atom. The molecule has 0 bridgehead atoms. The maximum Gasteiger partial charge on any atom is 0.238 e. The molecule has 17 heavy (non-hydrogen) atoms. The Balaban J connectivity index is 2.62. The molecule has 0 saturated carbocycles. The van der Waals surface area contributed by atoms with Crippen LogP contribution in [0.5, 0.6) is 0 Å². The standard InChI is InChI=1S/C11H14F2N2O2/c1-15(5-6-16)7-10(17)14-11-8(12)3-2-4-9(11)13/h2-4,16H,5-7H2,1H3,(H,14,17). The van der Waals surface area contributed by atoms with Crippen molar-refractivity contribution in [3.63, 3.8) is 0 Å². The van der Waals surface area contributed by atoms with Crippen molar-refractivity contribution in [1.82, 2.24) is 4.90 Å². The first-order valence-electron chi connectivity index (χ1n) is 5.08. The number of carbonyl (C=O) groups excluding carboxylic acids is 1. The zero-order valence-corrected chi connectivity index (χ0v) is 9.41. The number of nitrogens with zero attached hydrogens (tertiary/aromatic N) is 1. The zero-order chi connectivity index (χ0) is 12.8. The van der Waals surface area contributed by atoms with Gasteiger partial charge in [-0.3, -0.25) is 9.69 Å². The van der Waals surface area contributed by atoms with Gasteiger partial charge in [0.1, 0.15) is 17.3 Å². The first-order chi connectivity index (χ1) is 8.04. The zero-order valence-electron chi connectivity index (χ0n) is 9.41. The molecule has 0 aliphatic heterocycles. The van der Waals surface area contributed by atoms with Gasteiger partial charge in [0.05, 0.1) is 13.2 Å². The summed E-state index contributed by atoms with van der Waals surface area (Å²) in [5.74, 6) is -2.17. The van der Waals surface area contributed by atoms with Crippen molar-refractivity contribution < 1.29 is 18.7 Å². The summed E-state index contributed by atoms with van der Waals surface area (Å²) >= 11 is 0. The van der Waals surface area contributed by atoms with Gasteiger partial charge >= 0.3 is 0 Å². The molecule has 2 N–H and O–H groups in total. The number of rotatable bonds is 5. The normalized spacial score (nSPS) is 10.6. The Hall–Kier alpha value is -1.53. The number of carbonyl (C=O) groups is 1. The molecule has 94 valence electrons. The highest BCUT2D eigenvalue weighted by atomic mass is 19.1. The highest BCUT2D eigenvalue weighted by Crippen LogP contribution is 2.17. The molecule has 1 rings (SSSR count). The van der Waals surface area contributed by atoms with Crippen LogP contribution in [0.15, 0.2) is 18.2 Å². The topological polar surface area (TPSA) is 52.6 Å². The summed E-state index contributed by atoms with van der Waals surface area (Å²) in [4.78, 5) is 13.0. The molecule has 0 atom stereocenters. The van der Waals surface area contributed by atoms with E-state index in [4.69, 9.17) is 5.11 Å². The maximum atomic E-state index is 13.2. The third-order valence-corrected chi connectivity index (χ3v) is 2.12. The summed E-state index contributed by atoms with van der Waals surface area (Å²) < 4.78 is 26.4. The van der Waals surface area contributed by atoms with Crippen molar-refractivity contribution in [2.24, 2.45) is 0 Å². The van der Waals surface area contributed by atoms with Crippen LogP contribution in [0.2, 0.25) is 0 Å². The van der Waals surface area contributed by atoms with E-state index in [0.717, 1.165) is 12.1 Å². The summed E-state index contributed by atoms with van der Waals surface area (Å²) in [6.45, 7) is 0.180. The van der Waals surface area contributed by atoms with Gasteiger partial charge in [-0.1, -0.05) is 6.07 Å². The van der Waals surface area contributed by atoms with E-state index in [1.807, 2.05) is 0 Å². The number of para-hydroxylation sites is 1. The van der Waals surface area contributed by atoms with Gasteiger partial charge in [0.25, 0.3) is 0 Å². The van der Waals surface area contributed by atoms with Crippen LogP contribution < -0.4 is 5.32 Å². The number of halogens is 2. The Bertz CT molecular complexity index is 379. The van der Waals surface area contributed by atoms with Gasteiger partial charge in [0, 0.05) is 6.54 Å². The number of hydrogen-bond acceptors (Lipinski definition) is 3. The second kappa shape index (κ2) is 6.27. The summed E-state index contributed by atoms with van der Waals surface area (Å²) in [6, 6.07) is 3.35. The van der Waals surface area contributed by atoms with Crippen LogP contribution in [-0.4, -0.2) is 42.7 Å². The van der Waals surface area contributed by atoms with E-state index in [-0.39, 0.29) is 13.2 Å². The van der Waals surface area contributed by atoms with Crippen molar-refractivity contribution in [2.45, 2.75) is 0 Å². The highest BCUT2D eigenvalue weighted by Gasteiger charge is 2.12. The van der Waals surface area contributed by atoms with Crippen LogP contribution in [0.3, 0.4) is 0 Å². The number of aliphatic hydroxyl groups excluding tert-OH is 1. The van der Waals surface area contributed by atoms with E-state index in [0.29, 0.717) is 6.54 Å². The van der Waals surface area contributed by atoms with Crippen LogP contribution >= 0.6 is 0 Å². The van der Waals surface area contributed by atoms with Gasteiger partial charge < -0.3 is 10.4 Å². The van der Waals surface area contributed by atoms with Gasteiger partial charge in [0.2, 0.25) is 5.91 Å². The fourth-order valence-corrected chi connectivity index (χ4v) is 1.29. The molecule has 0 fully saturated rings. The summed E-state index contributed by atoms with van der Waals surface area (Å²) in [6.07, 6.45) is 0. The fourth-order valence-electron chi connectivity index (χ4n) is 1.29. The number of anilines is 1. The van der Waals surface area contributed by atoms with Gasteiger partial charge in [-0.2, -0.15) is 0 Å². The monoisotopic (exact) mass is 244 g/mol. The fraction of sp³-hybridized carbons (Fsp3) is 0.364. The van der Waals surface area contributed by atoms with Gasteiger partial charge in [-0.15, -0.1) is 0 Å². The average Bonchev–Trinajstić information content (AvgIpc) is 2.24. The van der Waals surface area contributed by atoms with Gasteiger partial charge in [0.15, 0.2) is 0 Å². The molecule has 0 saturated heterocycles. The van der Waals surface area contributed by atoms with E-state index in [2.05, 4.69) is 5.32 Å². The minimum atomic E-state index is -0.817. The molecule has 1 amide bonds. The molecule has 0 aliphatic carbocycles. The van der Waals surface area contributed by atoms with E-state index in [1.165, 1.54) is 11.0 Å². The Morgan fingerprint density at radius 3 is 2.53 bits per heavy atom.